The molecule has 0 amide bonds. The lowest BCUT2D eigenvalue weighted by Crippen LogP contribution is -2.60. The SMILES string of the molecule is CCc1cc2ncc(CN3C[C@H](Oc4ccc(C#N)cc4)[C@H]3C)cc2[nH]c1=O. The van der Waals surface area contributed by atoms with Gasteiger partial charge in [0.2, 0.25) is 0 Å². The highest BCUT2D eigenvalue weighted by molar-refractivity contribution is 5.74. The fraction of sp³-hybridized carbons (Fsp3) is 0.318. The number of likely N-dealkylation sites (tertiary alicyclic amines) is 1. The van der Waals surface area contributed by atoms with Crippen LogP contribution < -0.4 is 10.3 Å². The van der Waals surface area contributed by atoms with E-state index in [1.54, 1.807) is 12.1 Å². The molecule has 0 unspecified atom stereocenters. The number of aryl methyl sites for hydroxylation is 1. The Morgan fingerprint density at radius 2 is 2.11 bits per heavy atom. The summed E-state index contributed by atoms with van der Waals surface area (Å²) >= 11 is 0. The molecule has 0 aliphatic carbocycles. The Balaban J connectivity index is 1.41. The number of nitrogens with zero attached hydrogens (tertiary/aromatic N) is 3. The molecule has 6 nitrogen and oxygen atoms in total. The number of hydrogen-bond donors (Lipinski definition) is 1. The molecule has 0 saturated carbocycles. The third kappa shape index (κ3) is 3.49. The van der Waals surface area contributed by atoms with Gasteiger partial charge in [0.15, 0.2) is 0 Å². The second kappa shape index (κ2) is 7.45. The van der Waals surface area contributed by atoms with E-state index in [0.29, 0.717) is 12.0 Å². The zero-order chi connectivity index (χ0) is 19.7. The molecule has 142 valence electrons. The third-order valence-corrected chi connectivity index (χ3v) is 5.39. The van der Waals surface area contributed by atoms with E-state index < -0.39 is 0 Å². The van der Waals surface area contributed by atoms with Crippen LogP contribution in [0.5, 0.6) is 5.75 Å². The van der Waals surface area contributed by atoms with Crippen LogP contribution in [0.25, 0.3) is 11.0 Å². The van der Waals surface area contributed by atoms with Crippen LogP contribution in [-0.2, 0) is 13.0 Å². The summed E-state index contributed by atoms with van der Waals surface area (Å²) in [7, 11) is 0. The Morgan fingerprint density at radius 3 is 2.79 bits per heavy atom. The molecule has 1 aliphatic heterocycles. The molecule has 1 aliphatic rings. The van der Waals surface area contributed by atoms with Crippen LogP contribution >= 0.6 is 0 Å². The van der Waals surface area contributed by atoms with Gasteiger partial charge in [0.05, 0.1) is 22.7 Å². The summed E-state index contributed by atoms with van der Waals surface area (Å²) in [5, 5.41) is 8.87. The van der Waals surface area contributed by atoms with E-state index in [9.17, 15) is 4.79 Å². The Morgan fingerprint density at radius 1 is 1.32 bits per heavy atom. The number of aromatic amines is 1. The molecule has 2 aromatic heterocycles. The predicted molar refractivity (Wildman–Crippen MR) is 107 cm³/mol. The van der Waals surface area contributed by atoms with E-state index >= 15 is 0 Å². The molecule has 6 heteroatoms. The molecule has 3 aromatic rings. The van der Waals surface area contributed by atoms with Crippen molar-refractivity contribution in [2.45, 2.75) is 39.0 Å². The monoisotopic (exact) mass is 374 g/mol. The van der Waals surface area contributed by atoms with Crippen LogP contribution in [0.1, 0.15) is 30.5 Å². The van der Waals surface area contributed by atoms with Gasteiger partial charge in [-0.15, -0.1) is 0 Å². The van der Waals surface area contributed by atoms with E-state index in [1.165, 1.54) is 0 Å². The van der Waals surface area contributed by atoms with E-state index in [4.69, 9.17) is 10.00 Å². The van der Waals surface area contributed by atoms with Crippen molar-refractivity contribution in [3.8, 4) is 11.8 Å². The number of pyridine rings is 2. The minimum absolute atomic E-state index is 0.0397. The van der Waals surface area contributed by atoms with Gasteiger partial charge in [-0.1, -0.05) is 6.92 Å². The second-order valence-electron chi connectivity index (χ2n) is 7.22. The number of ether oxygens (including phenoxy) is 1. The summed E-state index contributed by atoms with van der Waals surface area (Å²) in [5.41, 5.74) is 4.01. The maximum absolute atomic E-state index is 12.0. The van der Waals surface area contributed by atoms with E-state index in [-0.39, 0.29) is 17.7 Å². The van der Waals surface area contributed by atoms with Gasteiger partial charge in [-0.25, -0.2) is 0 Å². The van der Waals surface area contributed by atoms with Crippen molar-refractivity contribution >= 4 is 11.0 Å². The molecule has 1 aromatic carbocycles. The topological polar surface area (TPSA) is 82.0 Å². The molecule has 28 heavy (non-hydrogen) atoms. The Bertz CT molecular complexity index is 1100. The molecule has 1 N–H and O–H groups in total. The Labute approximate surface area is 163 Å². The van der Waals surface area contributed by atoms with Crippen molar-refractivity contribution in [3.63, 3.8) is 0 Å². The molecule has 3 heterocycles. The maximum atomic E-state index is 12.0. The molecule has 1 saturated heterocycles. The zero-order valence-corrected chi connectivity index (χ0v) is 16.0. The number of rotatable bonds is 5. The third-order valence-electron chi connectivity index (χ3n) is 5.39. The van der Waals surface area contributed by atoms with Crippen molar-refractivity contribution in [1.29, 1.82) is 5.26 Å². The zero-order valence-electron chi connectivity index (χ0n) is 16.0. The van der Waals surface area contributed by atoms with E-state index in [0.717, 1.165) is 41.0 Å². The van der Waals surface area contributed by atoms with Gasteiger partial charge in [0, 0.05) is 30.9 Å². The second-order valence-corrected chi connectivity index (χ2v) is 7.22. The van der Waals surface area contributed by atoms with Crippen molar-refractivity contribution in [2.24, 2.45) is 0 Å². The molecular formula is C22H22N4O2. The highest BCUT2D eigenvalue weighted by Crippen LogP contribution is 2.26. The number of hydrogen-bond acceptors (Lipinski definition) is 5. The van der Waals surface area contributed by atoms with Crippen LogP contribution in [0.2, 0.25) is 0 Å². The van der Waals surface area contributed by atoms with Crippen LogP contribution in [0.3, 0.4) is 0 Å². The maximum Gasteiger partial charge on any atom is 0.251 e. The number of nitrogens with one attached hydrogen (secondary N) is 1. The summed E-state index contributed by atoms with van der Waals surface area (Å²) in [6, 6.07) is 13.5. The number of benzene rings is 1. The smallest absolute Gasteiger partial charge is 0.251 e. The van der Waals surface area contributed by atoms with E-state index in [1.807, 2.05) is 37.4 Å². The first kappa shape index (κ1) is 18.2. The normalized spacial score (nSPS) is 19.2. The number of aromatic nitrogens is 2. The van der Waals surface area contributed by atoms with Crippen molar-refractivity contribution in [3.05, 3.63) is 69.6 Å². The molecule has 0 radical (unpaired) electrons. The van der Waals surface area contributed by atoms with Gasteiger partial charge in [-0.3, -0.25) is 14.7 Å². The highest BCUT2D eigenvalue weighted by Gasteiger charge is 2.37. The highest BCUT2D eigenvalue weighted by atomic mass is 16.5. The molecule has 0 bridgehead atoms. The minimum Gasteiger partial charge on any atom is -0.487 e. The Hall–Kier alpha value is -3.17. The van der Waals surface area contributed by atoms with Gasteiger partial charge in [0.1, 0.15) is 11.9 Å². The molecular weight excluding hydrogens is 352 g/mol. The standard InChI is InChI=1S/C22H22N4O2/c1-3-17-9-19-20(25-22(17)27)8-16(11-24-19)12-26-13-21(14(26)2)28-18-6-4-15(10-23)5-7-18/h4-9,11,14,21H,3,12-13H2,1-2H3,(H,25,27)/t14-,21+/m1/s1. The van der Waals surface area contributed by atoms with Crippen molar-refractivity contribution < 1.29 is 4.74 Å². The van der Waals surface area contributed by atoms with Crippen LogP contribution in [0.4, 0.5) is 0 Å². The summed E-state index contributed by atoms with van der Waals surface area (Å²) < 4.78 is 6.03. The summed E-state index contributed by atoms with van der Waals surface area (Å²) in [6.45, 7) is 5.69. The number of nitriles is 1. The van der Waals surface area contributed by atoms with Gasteiger partial charge in [0.25, 0.3) is 5.56 Å². The van der Waals surface area contributed by atoms with Crippen LogP contribution in [0, 0.1) is 11.3 Å². The van der Waals surface area contributed by atoms with E-state index in [2.05, 4.69) is 27.9 Å². The molecule has 4 rings (SSSR count). The molecule has 2 atom stereocenters. The van der Waals surface area contributed by atoms with Crippen molar-refractivity contribution in [2.75, 3.05) is 6.54 Å². The predicted octanol–water partition coefficient (Wildman–Crippen LogP) is 3.01. The van der Waals surface area contributed by atoms with Crippen molar-refractivity contribution in [1.82, 2.24) is 14.9 Å². The average molecular weight is 374 g/mol. The largest absolute Gasteiger partial charge is 0.487 e. The quantitative estimate of drug-likeness (QED) is 0.742. The number of H-pyrrole nitrogens is 1. The lowest BCUT2D eigenvalue weighted by atomic mass is 10.00. The fourth-order valence-corrected chi connectivity index (χ4v) is 3.52. The molecule has 0 spiro atoms. The first-order valence-corrected chi connectivity index (χ1v) is 9.49. The minimum atomic E-state index is -0.0397. The average Bonchev–Trinajstić information content (AvgIpc) is 2.72. The Kier molecular flexibility index (Phi) is 4.84. The fourth-order valence-electron chi connectivity index (χ4n) is 3.52. The van der Waals surface area contributed by atoms with Gasteiger partial charge < -0.3 is 9.72 Å². The van der Waals surface area contributed by atoms with Crippen LogP contribution in [-0.4, -0.2) is 33.6 Å². The summed E-state index contributed by atoms with van der Waals surface area (Å²) in [6.07, 6.45) is 2.69. The van der Waals surface area contributed by atoms with Crippen LogP contribution in [0.15, 0.2) is 47.4 Å². The summed E-state index contributed by atoms with van der Waals surface area (Å²) in [4.78, 5) is 21.8. The number of fused-ring (bicyclic) bond motifs is 1. The summed E-state index contributed by atoms with van der Waals surface area (Å²) in [5.74, 6) is 0.784. The lowest BCUT2D eigenvalue weighted by Gasteiger charge is -2.45. The van der Waals surface area contributed by atoms with Gasteiger partial charge in [-0.2, -0.15) is 5.26 Å². The first-order valence-electron chi connectivity index (χ1n) is 9.49. The molecule has 1 fully saturated rings. The first-order chi connectivity index (χ1) is 13.6. The lowest BCUT2D eigenvalue weighted by molar-refractivity contribution is -0.0413. The van der Waals surface area contributed by atoms with Gasteiger partial charge >= 0.3 is 0 Å². The van der Waals surface area contributed by atoms with Gasteiger partial charge in [-0.05, 0) is 55.3 Å².